The third-order valence-corrected chi connectivity index (χ3v) is 8.24. The summed E-state index contributed by atoms with van der Waals surface area (Å²) in [7, 11) is -3.66. The van der Waals surface area contributed by atoms with Crippen LogP contribution in [0.3, 0.4) is 0 Å². The average Bonchev–Trinajstić information content (AvgIpc) is 3.32. The van der Waals surface area contributed by atoms with Crippen LogP contribution >= 0.6 is 0 Å². The molecule has 32 heavy (non-hydrogen) atoms. The molecule has 1 amide bonds. The summed E-state index contributed by atoms with van der Waals surface area (Å²) < 4.78 is 33.2. The number of benzene rings is 2. The lowest BCUT2D eigenvalue weighted by Gasteiger charge is -2.27. The highest BCUT2D eigenvalue weighted by Gasteiger charge is 2.29. The molecule has 2 heterocycles. The predicted molar refractivity (Wildman–Crippen MR) is 124 cm³/mol. The fraction of sp³-hybridized carbons (Fsp3) is 0.458. The van der Waals surface area contributed by atoms with Crippen molar-refractivity contribution >= 4 is 21.6 Å². The fourth-order valence-corrected chi connectivity index (χ4v) is 6.09. The second-order valence-electron chi connectivity index (χ2n) is 8.34. The number of para-hydroxylation sites is 1. The quantitative estimate of drug-likeness (QED) is 0.691. The van der Waals surface area contributed by atoms with Crippen LogP contribution < -0.4 is 10.2 Å². The van der Waals surface area contributed by atoms with Crippen LogP contribution in [0.5, 0.6) is 0 Å². The maximum Gasteiger partial charge on any atom is 0.251 e. The Hall–Kier alpha value is -2.42. The highest BCUT2D eigenvalue weighted by Crippen LogP contribution is 2.25. The van der Waals surface area contributed by atoms with E-state index >= 15 is 0 Å². The number of rotatable bonds is 7. The van der Waals surface area contributed by atoms with Crippen molar-refractivity contribution in [2.24, 2.45) is 5.92 Å². The lowest BCUT2D eigenvalue weighted by molar-refractivity contribution is 0.0730. The van der Waals surface area contributed by atoms with Crippen LogP contribution in [0.4, 0.5) is 5.69 Å². The zero-order chi connectivity index (χ0) is 22.6. The number of anilines is 1. The number of hydrogen-bond acceptors (Lipinski definition) is 5. The standard InChI is InChI=1S/C24H31N3O4S/c1-2-20-8-9-21(16-23(20)32(29,30)27-12-14-31-15-13-27)24(28)25-17-19-10-11-26(18-19)22-6-4-3-5-7-22/h3-9,16,19H,2,10-15,17-18H2,1H3,(H,25,28). The first-order chi connectivity index (χ1) is 15.5. The number of nitrogens with zero attached hydrogens (tertiary/aromatic N) is 2. The summed E-state index contributed by atoms with van der Waals surface area (Å²) in [5.74, 6) is 0.134. The molecule has 0 aliphatic carbocycles. The van der Waals surface area contributed by atoms with Gasteiger partial charge in [0, 0.05) is 44.0 Å². The van der Waals surface area contributed by atoms with Gasteiger partial charge in [-0.1, -0.05) is 31.2 Å². The van der Waals surface area contributed by atoms with Crippen LogP contribution in [0.15, 0.2) is 53.4 Å². The van der Waals surface area contributed by atoms with Crippen molar-refractivity contribution in [3.05, 3.63) is 59.7 Å². The summed E-state index contributed by atoms with van der Waals surface area (Å²) in [6, 6.07) is 15.3. The van der Waals surface area contributed by atoms with Gasteiger partial charge < -0.3 is 15.0 Å². The molecule has 2 fully saturated rings. The van der Waals surface area contributed by atoms with Gasteiger partial charge in [-0.2, -0.15) is 4.31 Å². The van der Waals surface area contributed by atoms with E-state index in [0.717, 1.165) is 25.1 Å². The Morgan fingerprint density at radius 3 is 2.56 bits per heavy atom. The molecule has 0 aromatic heterocycles. The van der Waals surface area contributed by atoms with Crippen molar-refractivity contribution in [3.63, 3.8) is 0 Å². The van der Waals surface area contributed by atoms with E-state index in [2.05, 4.69) is 22.3 Å². The Morgan fingerprint density at radius 1 is 1.09 bits per heavy atom. The van der Waals surface area contributed by atoms with E-state index in [4.69, 9.17) is 4.74 Å². The average molecular weight is 458 g/mol. The first-order valence-electron chi connectivity index (χ1n) is 11.3. The molecule has 2 aliphatic heterocycles. The molecule has 2 aromatic carbocycles. The molecule has 4 rings (SSSR count). The molecule has 2 aromatic rings. The number of morpholine rings is 1. The van der Waals surface area contributed by atoms with E-state index in [1.807, 2.05) is 25.1 Å². The van der Waals surface area contributed by atoms with Gasteiger partial charge in [0.05, 0.1) is 18.1 Å². The van der Waals surface area contributed by atoms with Gasteiger partial charge in [0.1, 0.15) is 0 Å². The second-order valence-corrected chi connectivity index (χ2v) is 10.2. The van der Waals surface area contributed by atoms with Gasteiger partial charge in [-0.3, -0.25) is 4.79 Å². The van der Waals surface area contributed by atoms with Gasteiger partial charge in [0.25, 0.3) is 5.91 Å². The van der Waals surface area contributed by atoms with E-state index in [1.165, 1.54) is 16.1 Å². The molecule has 0 spiro atoms. The summed E-state index contributed by atoms with van der Waals surface area (Å²) in [5.41, 5.74) is 2.31. The SMILES string of the molecule is CCc1ccc(C(=O)NCC2CCN(c3ccccc3)C2)cc1S(=O)(=O)N1CCOCC1. The molecule has 0 saturated carbocycles. The highest BCUT2D eigenvalue weighted by molar-refractivity contribution is 7.89. The third kappa shape index (κ3) is 4.98. The second kappa shape index (κ2) is 10.0. The van der Waals surface area contributed by atoms with Gasteiger partial charge in [-0.15, -0.1) is 0 Å². The first kappa shape index (κ1) is 22.8. The molecule has 7 nitrogen and oxygen atoms in total. The van der Waals surface area contributed by atoms with Crippen molar-refractivity contribution in [1.82, 2.24) is 9.62 Å². The maximum atomic E-state index is 13.2. The highest BCUT2D eigenvalue weighted by atomic mass is 32.2. The Kier molecular flexibility index (Phi) is 7.13. The van der Waals surface area contributed by atoms with E-state index in [9.17, 15) is 13.2 Å². The number of ether oxygens (including phenoxy) is 1. The van der Waals surface area contributed by atoms with E-state index in [1.54, 1.807) is 12.1 Å². The monoisotopic (exact) mass is 457 g/mol. The lowest BCUT2D eigenvalue weighted by atomic mass is 10.1. The third-order valence-electron chi connectivity index (χ3n) is 6.26. The molecule has 1 atom stereocenters. The van der Waals surface area contributed by atoms with Gasteiger partial charge in [-0.05, 0) is 48.6 Å². The van der Waals surface area contributed by atoms with Crippen LogP contribution in [-0.2, 0) is 21.2 Å². The number of amides is 1. The molecular formula is C24H31N3O4S. The number of carbonyl (C=O) groups is 1. The lowest BCUT2D eigenvalue weighted by Crippen LogP contribution is -2.41. The molecule has 172 valence electrons. The number of carbonyl (C=O) groups excluding carboxylic acids is 1. The normalized spacial score (nSPS) is 19.8. The van der Waals surface area contributed by atoms with Crippen molar-refractivity contribution in [3.8, 4) is 0 Å². The number of nitrogens with one attached hydrogen (secondary N) is 1. The minimum absolute atomic E-state index is 0.227. The summed E-state index contributed by atoms with van der Waals surface area (Å²) in [5, 5.41) is 3.01. The molecule has 8 heteroatoms. The van der Waals surface area contributed by atoms with Crippen LogP contribution in [-0.4, -0.2) is 64.6 Å². The summed E-state index contributed by atoms with van der Waals surface area (Å²) in [4.78, 5) is 15.4. The van der Waals surface area contributed by atoms with Crippen molar-refractivity contribution < 1.29 is 17.9 Å². The molecule has 0 radical (unpaired) electrons. The van der Waals surface area contributed by atoms with Crippen molar-refractivity contribution in [1.29, 1.82) is 0 Å². The van der Waals surface area contributed by atoms with E-state index in [0.29, 0.717) is 50.8 Å². The van der Waals surface area contributed by atoms with Crippen LogP contribution in [0.1, 0.15) is 29.3 Å². The number of sulfonamides is 1. The van der Waals surface area contributed by atoms with Crippen LogP contribution in [0.2, 0.25) is 0 Å². The van der Waals surface area contributed by atoms with Gasteiger partial charge in [0.2, 0.25) is 10.0 Å². The minimum atomic E-state index is -3.66. The topological polar surface area (TPSA) is 79.0 Å². The first-order valence-corrected chi connectivity index (χ1v) is 12.7. The molecule has 2 aliphatic rings. The van der Waals surface area contributed by atoms with Gasteiger partial charge in [-0.25, -0.2) is 8.42 Å². The van der Waals surface area contributed by atoms with Gasteiger partial charge in [0.15, 0.2) is 0 Å². The minimum Gasteiger partial charge on any atom is -0.379 e. The van der Waals surface area contributed by atoms with Crippen molar-refractivity contribution in [2.45, 2.75) is 24.7 Å². The largest absolute Gasteiger partial charge is 0.379 e. The molecule has 2 saturated heterocycles. The van der Waals surface area contributed by atoms with Gasteiger partial charge >= 0.3 is 0 Å². The van der Waals surface area contributed by atoms with E-state index in [-0.39, 0.29) is 10.8 Å². The Morgan fingerprint density at radius 2 is 1.84 bits per heavy atom. The summed E-state index contributed by atoms with van der Waals surface area (Å²) in [6.45, 7) is 5.82. The molecular weight excluding hydrogens is 426 g/mol. The zero-order valence-electron chi connectivity index (χ0n) is 18.5. The maximum absolute atomic E-state index is 13.2. The molecule has 1 N–H and O–H groups in total. The molecule has 1 unspecified atom stereocenters. The van der Waals surface area contributed by atoms with Crippen LogP contribution in [0, 0.1) is 5.92 Å². The Labute approximate surface area is 190 Å². The van der Waals surface area contributed by atoms with Crippen LogP contribution in [0.25, 0.3) is 0 Å². The Balaban J connectivity index is 1.42. The smallest absolute Gasteiger partial charge is 0.251 e. The number of aryl methyl sites for hydroxylation is 1. The van der Waals surface area contributed by atoms with Crippen molar-refractivity contribution in [2.75, 3.05) is 50.8 Å². The Bertz CT molecular complexity index is 1040. The summed E-state index contributed by atoms with van der Waals surface area (Å²) >= 11 is 0. The predicted octanol–water partition coefficient (Wildman–Crippen LogP) is 2.53. The van der Waals surface area contributed by atoms with E-state index < -0.39 is 10.0 Å². The summed E-state index contributed by atoms with van der Waals surface area (Å²) in [6.07, 6.45) is 1.60. The zero-order valence-corrected chi connectivity index (χ0v) is 19.3. The fourth-order valence-electron chi connectivity index (χ4n) is 4.37. The number of hydrogen-bond donors (Lipinski definition) is 1. The molecule has 0 bridgehead atoms.